The first-order valence-corrected chi connectivity index (χ1v) is 7.91. The van der Waals surface area contributed by atoms with E-state index in [9.17, 15) is 9.90 Å². The molecule has 1 aromatic carbocycles. The molecule has 4 heteroatoms. The SMILES string of the molecule is CC1C(NCc2cccc(Cl)c2)CCC(C(=O)O)C1(C)C. The molecule has 1 aliphatic carbocycles. The molecule has 0 radical (unpaired) electrons. The van der Waals surface area contributed by atoms with Gasteiger partial charge in [0.25, 0.3) is 0 Å². The van der Waals surface area contributed by atoms with Crippen LogP contribution < -0.4 is 5.32 Å². The summed E-state index contributed by atoms with van der Waals surface area (Å²) in [4.78, 5) is 11.4. The molecule has 0 aromatic heterocycles. The zero-order valence-electron chi connectivity index (χ0n) is 12.9. The van der Waals surface area contributed by atoms with Gasteiger partial charge in [-0.2, -0.15) is 0 Å². The van der Waals surface area contributed by atoms with Gasteiger partial charge in [-0.15, -0.1) is 0 Å². The summed E-state index contributed by atoms with van der Waals surface area (Å²) in [6, 6.07) is 8.18. The van der Waals surface area contributed by atoms with E-state index in [1.165, 1.54) is 0 Å². The predicted octanol–water partition coefficient (Wildman–Crippen LogP) is 3.96. The van der Waals surface area contributed by atoms with Crippen LogP contribution in [0.1, 0.15) is 39.2 Å². The maximum absolute atomic E-state index is 11.4. The number of rotatable bonds is 4. The molecule has 116 valence electrons. The lowest BCUT2D eigenvalue weighted by Crippen LogP contribution is -2.50. The number of carbonyl (C=O) groups is 1. The molecule has 1 aliphatic rings. The summed E-state index contributed by atoms with van der Waals surface area (Å²) in [6.45, 7) is 7.07. The van der Waals surface area contributed by atoms with Gasteiger partial charge in [-0.1, -0.05) is 44.5 Å². The van der Waals surface area contributed by atoms with Gasteiger partial charge in [-0.05, 0) is 41.9 Å². The van der Waals surface area contributed by atoms with E-state index in [0.717, 1.165) is 30.0 Å². The van der Waals surface area contributed by atoms with Crippen LogP contribution in [0.4, 0.5) is 0 Å². The third kappa shape index (κ3) is 3.58. The number of carboxylic acid groups (broad SMARTS) is 1. The molecule has 3 atom stereocenters. The minimum Gasteiger partial charge on any atom is -0.481 e. The molecule has 3 nitrogen and oxygen atoms in total. The molecule has 21 heavy (non-hydrogen) atoms. The lowest BCUT2D eigenvalue weighted by atomic mass is 9.61. The topological polar surface area (TPSA) is 49.3 Å². The van der Waals surface area contributed by atoms with Crippen molar-refractivity contribution in [3.8, 4) is 0 Å². The normalized spacial score (nSPS) is 28.3. The maximum Gasteiger partial charge on any atom is 0.307 e. The second kappa shape index (κ2) is 6.37. The van der Waals surface area contributed by atoms with E-state index in [2.05, 4.69) is 32.2 Å². The zero-order valence-corrected chi connectivity index (χ0v) is 13.7. The number of nitrogens with one attached hydrogen (secondary N) is 1. The van der Waals surface area contributed by atoms with E-state index in [-0.39, 0.29) is 11.3 Å². The number of aliphatic carboxylic acids is 1. The van der Waals surface area contributed by atoms with Crippen LogP contribution in [0.15, 0.2) is 24.3 Å². The van der Waals surface area contributed by atoms with Crippen LogP contribution in [0, 0.1) is 17.3 Å². The highest BCUT2D eigenvalue weighted by atomic mass is 35.5. The van der Waals surface area contributed by atoms with E-state index in [4.69, 9.17) is 11.6 Å². The van der Waals surface area contributed by atoms with Gasteiger partial charge < -0.3 is 10.4 Å². The fourth-order valence-electron chi connectivity index (χ4n) is 3.42. The average molecular weight is 310 g/mol. The Balaban J connectivity index is 2.01. The maximum atomic E-state index is 11.4. The van der Waals surface area contributed by atoms with Gasteiger partial charge in [0, 0.05) is 17.6 Å². The summed E-state index contributed by atoms with van der Waals surface area (Å²) < 4.78 is 0. The Labute approximate surface area is 131 Å². The fourth-order valence-corrected chi connectivity index (χ4v) is 3.63. The van der Waals surface area contributed by atoms with Crippen molar-refractivity contribution in [3.63, 3.8) is 0 Å². The summed E-state index contributed by atoms with van der Waals surface area (Å²) in [5, 5.41) is 13.7. The number of carboxylic acids is 1. The minimum atomic E-state index is -0.667. The Morgan fingerprint density at radius 1 is 1.43 bits per heavy atom. The third-order valence-electron chi connectivity index (χ3n) is 5.20. The Morgan fingerprint density at radius 3 is 2.76 bits per heavy atom. The highest BCUT2D eigenvalue weighted by molar-refractivity contribution is 6.30. The van der Waals surface area contributed by atoms with Crippen molar-refractivity contribution in [1.82, 2.24) is 5.32 Å². The van der Waals surface area contributed by atoms with E-state index in [1.807, 2.05) is 18.2 Å². The number of hydrogen-bond acceptors (Lipinski definition) is 2. The van der Waals surface area contributed by atoms with E-state index < -0.39 is 5.97 Å². The molecule has 0 amide bonds. The smallest absolute Gasteiger partial charge is 0.307 e. The lowest BCUT2D eigenvalue weighted by Gasteiger charge is -2.46. The first-order valence-electron chi connectivity index (χ1n) is 7.53. The zero-order chi connectivity index (χ0) is 15.6. The van der Waals surface area contributed by atoms with Gasteiger partial charge in [0.15, 0.2) is 0 Å². The van der Waals surface area contributed by atoms with Gasteiger partial charge in [0.1, 0.15) is 0 Å². The van der Waals surface area contributed by atoms with Gasteiger partial charge >= 0.3 is 5.97 Å². The van der Waals surface area contributed by atoms with Crippen molar-refractivity contribution in [2.24, 2.45) is 17.3 Å². The number of hydrogen-bond donors (Lipinski definition) is 2. The average Bonchev–Trinajstić information content (AvgIpc) is 2.40. The molecule has 2 N–H and O–H groups in total. The third-order valence-corrected chi connectivity index (χ3v) is 5.43. The first kappa shape index (κ1) is 16.3. The van der Waals surface area contributed by atoms with E-state index in [1.54, 1.807) is 0 Å². The molecule has 3 unspecified atom stereocenters. The summed E-state index contributed by atoms with van der Waals surface area (Å²) in [5.41, 5.74) is 0.962. The van der Waals surface area contributed by atoms with Crippen LogP contribution >= 0.6 is 11.6 Å². The van der Waals surface area contributed by atoms with Crippen LogP contribution in [0.3, 0.4) is 0 Å². The summed E-state index contributed by atoms with van der Waals surface area (Å²) in [5.74, 6) is -0.608. The van der Waals surface area contributed by atoms with Crippen LogP contribution in [-0.4, -0.2) is 17.1 Å². The van der Waals surface area contributed by atoms with Crippen LogP contribution in [0.5, 0.6) is 0 Å². The molecule has 1 aromatic rings. The Hall–Kier alpha value is -1.06. The van der Waals surface area contributed by atoms with Crippen molar-refractivity contribution in [1.29, 1.82) is 0 Å². The second-order valence-electron chi connectivity index (χ2n) is 6.70. The molecule has 1 fully saturated rings. The van der Waals surface area contributed by atoms with Crippen molar-refractivity contribution in [2.75, 3.05) is 0 Å². The summed E-state index contributed by atoms with van der Waals surface area (Å²) >= 11 is 6.00. The molecule has 0 saturated heterocycles. The quantitative estimate of drug-likeness (QED) is 0.885. The summed E-state index contributed by atoms with van der Waals surface area (Å²) in [6.07, 6.45) is 1.64. The van der Waals surface area contributed by atoms with Crippen LogP contribution in [-0.2, 0) is 11.3 Å². The van der Waals surface area contributed by atoms with Gasteiger partial charge in [-0.25, -0.2) is 0 Å². The van der Waals surface area contributed by atoms with Crippen LogP contribution in [0.2, 0.25) is 5.02 Å². The molecular weight excluding hydrogens is 286 g/mol. The van der Waals surface area contributed by atoms with Crippen LogP contribution in [0.25, 0.3) is 0 Å². The Kier molecular flexibility index (Phi) is 4.95. The molecular formula is C17H24ClNO2. The minimum absolute atomic E-state index is 0.198. The molecule has 0 spiro atoms. The number of halogens is 1. The molecule has 0 bridgehead atoms. The van der Waals surface area contributed by atoms with E-state index >= 15 is 0 Å². The molecule has 0 heterocycles. The molecule has 1 saturated carbocycles. The fraction of sp³-hybridized carbons (Fsp3) is 0.588. The Bertz CT molecular complexity index is 515. The standard InChI is InChI=1S/C17H24ClNO2/c1-11-15(8-7-14(16(20)21)17(11,2)3)19-10-12-5-4-6-13(18)9-12/h4-6,9,11,14-15,19H,7-8,10H2,1-3H3,(H,20,21). The number of benzene rings is 1. The largest absolute Gasteiger partial charge is 0.481 e. The highest BCUT2D eigenvalue weighted by Gasteiger charge is 2.45. The first-order chi connectivity index (χ1) is 9.82. The lowest BCUT2D eigenvalue weighted by molar-refractivity contribution is -0.150. The molecule has 2 rings (SSSR count). The second-order valence-corrected chi connectivity index (χ2v) is 7.13. The van der Waals surface area contributed by atoms with E-state index in [0.29, 0.717) is 12.0 Å². The van der Waals surface area contributed by atoms with Crippen molar-refractivity contribution < 1.29 is 9.90 Å². The Morgan fingerprint density at radius 2 is 2.14 bits per heavy atom. The van der Waals surface area contributed by atoms with Crippen molar-refractivity contribution >= 4 is 17.6 Å². The van der Waals surface area contributed by atoms with Crippen molar-refractivity contribution in [3.05, 3.63) is 34.9 Å². The van der Waals surface area contributed by atoms with Gasteiger partial charge in [0.2, 0.25) is 0 Å². The summed E-state index contributed by atoms with van der Waals surface area (Å²) in [7, 11) is 0. The highest BCUT2D eigenvalue weighted by Crippen LogP contribution is 2.45. The van der Waals surface area contributed by atoms with Gasteiger partial charge in [-0.3, -0.25) is 4.79 Å². The van der Waals surface area contributed by atoms with Gasteiger partial charge in [0.05, 0.1) is 5.92 Å². The predicted molar refractivity (Wildman–Crippen MR) is 85.4 cm³/mol. The van der Waals surface area contributed by atoms with Crippen molar-refractivity contribution in [2.45, 2.75) is 46.2 Å². The monoisotopic (exact) mass is 309 g/mol. The molecule has 0 aliphatic heterocycles.